The van der Waals surface area contributed by atoms with Crippen LogP contribution in [0.15, 0.2) is 30.3 Å². The lowest BCUT2D eigenvalue weighted by molar-refractivity contribution is -0.137. The van der Waals surface area contributed by atoms with Crippen molar-refractivity contribution in [2.45, 2.75) is 31.8 Å². The quantitative estimate of drug-likeness (QED) is 0.852. The first kappa shape index (κ1) is 12.9. The van der Waals surface area contributed by atoms with Crippen LogP contribution in [0.1, 0.15) is 19.8 Å². The van der Waals surface area contributed by atoms with Gasteiger partial charge in [0.15, 0.2) is 0 Å². The number of carboxylic acids is 1. The number of hydrogen-bond donors (Lipinski definition) is 2. The molecule has 0 amide bonds. The average Bonchev–Trinajstić information content (AvgIpc) is 2.37. The van der Waals surface area contributed by atoms with Gasteiger partial charge in [0, 0.05) is 37.3 Å². The van der Waals surface area contributed by atoms with Crippen molar-refractivity contribution in [2.75, 3.05) is 18.0 Å². The van der Waals surface area contributed by atoms with Gasteiger partial charge in [-0.15, -0.1) is 0 Å². The summed E-state index contributed by atoms with van der Waals surface area (Å²) >= 11 is 0. The number of para-hydroxylation sites is 1. The van der Waals surface area contributed by atoms with Crippen molar-refractivity contribution in [3.63, 3.8) is 0 Å². The van der Waals surface area contributed by atoms with E-state index < -0.39 is 5.97 Å². The van der Waals surface area contributed by atoms with Crippen molar-refractivity contribution >= 4 is 11.7 Å². The van der Waals surface area contributed by atoms with Crippen LogP contribution < -0.4 is 10.2 Å². The minimum atomic E-state index is -0.721. The summed E-state index contributed by atoms with van der Waals surface area (Å²) in [7, 11) is 0. The summed E-state index contributed by atoms with van der Waals surface area (Å²) in [5.74, 6) is -0.721. The Hall–Kier alpha value is -1.55. The van der Waals surface area contributed by atoms with Crippen molar-refractivity contribution in [3.05, 3.63) is 30.3 Å². The molecule has 0 aromatic heterocycles. The normalized spacial score (nSPS) is 23.9. The highest BCUT2D eigenvalue weighted by Gasteiger charge is 2.27. The van der Waals surface area contributed by atoms with E-state index in [4.69, 9.17) is 5.11 Å². The van der Waals surface area contributed by atoms with E-state index in [9.17, 15) is 4.79 Å². The predicted octanol–water partition coefficient (Wildman–Crippen LogP) is 1.72. The highest BCUT2D eigenvalue weighted by atomic mass is 16.4. The van der Waals surface area contributed by atoms with Crippen molar-refractivity contribution in [1.82, 2.24) is 5.32 Å². The Kier molecular flexibility index (Phi) is 4.20. The summed E-state index contributed by atoms with van der Waals surface area (Å²) < 4.78 is 0. The topological polar surface area (TPSA) is 52.6 Å². The average molecular weight is 248 g/mol. The van der Waals surface area contributed by atoms with E-state index in [1.165, 1.54) is 5.69 Å². The fourth-order valence-electron chi connectivity index (χ4n) is 2.61. The third-order valence-electron chi connectivity index (χ3n) is 3.43. The summed E-state index contributed by atoms with van der Waals surface area (Å²) in [5.41, 5.74) is 1.18. The van der Waals surface area contributed by atoms with E-state index in [-0.39, 0.29) is 12.5 Å². The first-order valence-corrected chi connectivity index (χ1v) is 6.44. The van der Waals surface area contributed by atoms with Gasteiger partial charge in [-0.1, -0.05) is 18.2 Å². The lowest BCUT2D eigenvalue weighted by atomic mass is 10.0. The highest BCUT2D eigenvalue weighted by Crippen LogP contribution is 2.23. The number of piperazine rings is 1. The number of anilines is 1. The standard InChI is InChI=1S/C14H20N2O2/c1-11-9-15-10-13(7-8-14(17)18)16(11)12-5-3-2-4-6-12/h2-6,11,13,15H,7-10H2,1H3,(H,17,18). The lowest BCUT2D eigenvalue weighted by Gasteiger charge is -2.43. The highest BCUT2D eigenvalue weighted by molar-refractivity contribution is 5.66. The van der Waals surface area contributed by atoms with Crippen LogP contribution in [0.2, 0.25) is 0 Å². The van der Waals surface area contributed by atoms with E-state index in [0.29, 0.717) is 12.5 Å². The summed E-state index contributed by atoms with van der Waals surface area (Å²) in [4.78, 5) is 13.1. The van der Waals surface area contributed by atoms with Gasteiger partial charge in [0.25, 0.3) is 0 Å². The molecule has 0 spiro atoms. The molecule has 2 atom stereocenters. The molecule has 0 saturated carbocycles. The van der Waals surface area contributed by atoms with Crippen LogP contribution in [-0.4, -0.2) is 36.2 Å². The van der Waals surface area contributed by atoms with Gasteiger partial charge in [-0.25, -0.2) is 0 Å². The van der Waals surface area contributed by atoms with Crippen LogP contribution in [0.5, 0.6) is 0 Å². The smallest absolute Gasteiger partial charge is 0.303 e. The van der Waals surface area contributed by atoms with Gasteiger partial charge in [-0.2, -0.15) is 0 Å². The maximum absolute atomic E-state index is 10.7. The van der Waals surface area contributed by atoms with Crippen LogP contribution in [0.4, 0.5) is 5.69 Å². The molecule has 2 unspecified atom stereocenters. The van der Waals surface area contributed by atoms with E-state index in [1.54, 1.807) is 0 Å². The second kappa shape index (κ2) is 5.87. The van der Waals surface area contributed by atoms with Crippen LogP contribution in [0.25, 0.3) is 0 Å². The van der Waals surface area contributed by atoms with Gasteiger partial charge in [0.2, 0.25) is 0 Å². The van der Waals surface area contributed by atoms with Gasteiger partial charge in [-0.05, 0) is 25.5 Å². The Morgan fingerprint density at radius 3 is 2.78 bits per heavy atom. The Morgan fingerprint density at radius 1 is 1.39 bits per heavy atom. The SMILES string of the molecule is CC1CNCC(CCC(=O)O)N1c1ccccc1. The molecule has 4 heteroatoms. The summed E-state index contributed by atoms with van der Waals surface area (Å²) in [6.45, 7) is 3.97. The number of rotatable bonds is 4. The van der Waals surface area contributed by atoms with Crippen molar-refractivity contribution in [3.8, 4) is 0 Å². The molecule has 1 fully saturated rings. The molecule has 2 N–H and O–H groups in total. The minimum Gasteiger partial charge on any atom is -0.481 e. The molecule has 18 heavy (non-hydrogen) atoms. The Bertz CT molecular complexity index is 394. The summed E-state index contributed by atoms with van der Waals surface area (Å²) in [6.07, 6.45) is 0.907. The Labute approximate surface area is 108 Å². The molecule has 1 heterocycles. The number of benzene rings is 1. The molecule has 0 aliphatic carbocycles. The fourth-order valence-corrected chi connectivity index (χ4v) is 2.61. The predicted molar refractivity (Wildman–Crippen MR) is 71.9 cm³/mol. The zero-order valence-electron chi connectivity index (χ0n) is 10.7. The van der Waals surface area contributed by atoms with Crippen LogP contribution in [-0.2, 0) is 4.79 Å². The van der Waals surface area contributed by atoms with Gasteiger partial charge >= 0.3 is 5.97 Å². The maximum atomic E-state index is 10.7. The van der Waals surface area contributed by atoms with Gasteiger partial charge in [0.1, 0.15) is 0 Å². The Morgan fingerprint density at radius 2 is 2.11 bits per heavy atom. The summed E-state index contributed by atoms with van der Waals surface area (Å²) in [6, 6.07) is 10.9. The Balaban J connectivity index is 2.13. The third-order valence-corrected chi connectivity index (χ3v) is 3.43. The number of aliphatic carboxylic acids is 1. The zero-order chi connectivity index (χ0) is 13.0. The molecule has 1 aromatic rings. The first-order valence-electron chi connectivity index (χ1n) is 6.44. The molecule has 0 bridgehead atoms. The van der Waals surface area contributed by atoms with Gasteiger partial charge in [-0.3, -0.25) is 4.79 Å². The van der Waals surface area contributed by atoms with E-state index in [1.807, 2.05) is 18.2 Å². The molecular weight excluding hydrogens is 228 g/mol. The first-order chi connectivity index (χ1) is 8.68. The fraction of sp³-hybridized carbons (Fsp3) is 0.500. The second-order valence-electron chi connectivity index (χ2n) is 4.84. The number of nitrogens with zero attached hydrogens (tertiary/aromatic N) is 1. The molecule has 1 saturated heterocycles. The molecule has 98 valence electrons. The molecule has 1 aliphatic rings. The second-order valence-corrected chi connectivity index (χ2v) is 4.84. The summed E-state index contributed by atoms with van der Waals surface area (Å²) in [5, 5.41) is 12.2. The van der Waals surface area contributed by atoms with Crippen LogP contribution in [0.3, 0.4) is 0 Å². The molecule has 2 rings (SSSR count). The minimum absolute atomic E-state index is 0.225. The monoisotopic (exact) mass is 248 g/mol. The van der Waals surface area contributed by atoms with E-state index >= 15 is 0 Å². The van der Waals surface area contributed by atoms with Crippen molar-refractivity contribution < 1.29 is 9.90 Å². The van der Waals surface area contributed by atoms with Crippen LogP contribution in [0, 0.1) is 0 Å². The number of hydrogen-bond acceptors (Lipinski definition) is 3. The third kappa shape index (κ3) is 3.01. The lowest BCUT2D eigenvalue weighted by Crippen LogP contribution is -2.56. The maximum Gasteiger partial charge on any atom is 0.303 e. The van der Waals surface area contributed by atoms with Crippen molar-refractivity contribution in [1.29, 1.82) is 0 Å². The number of nitrogens with one attached hydrogen (secondary N) is 1. The molecule has 4 nitrogen and oxygen atoms in total. The number of carboxylic acid groups (broad SMARTS) is 1. The molecule has 0 radical (unpaired) electrons. The zero-order valence-corrected chi connectivity index (χ0v) is 10.7. The van der Waals surface area contributed by atoms with Crippen molar-refractivity contribution in [2.24, 2.45) is 0 Å². The number of carbonyl (C=O) groups is 1. The van der Waals surface area contributed by atoms with E-state index in [0.717, 1.165) is 13.1 Å². The molecular formula is C14H20N2O2. The van der Waals surface area contributed by atoms with Gasteiger partial charge < -0.3 is 15.3 Å². The van der Waals surface area contributed by atoms with Crippen LogP contribution >= 0.6 is 0 Å². The van der Waals surface area contributed by atoms with Gasteiger partial charge in [0.05, 0.1) is 0 Å². The molecule has 1 aromatic carbocycles. The van der Waals surface area contributed by atoms with E-state index in [2.05, 4.69) is 29.3 Å². The largest absolute Gasteiger partial charge is 0.481 e. The molecule has 1 aliphatic heterocycles.